The van der Waals surface area contributed by atoms with Crippen molar-refractivity contribution in [3.05, 3.63) is 46.0 Å². The van der Waals surface area contributed by atoms with Crippen LogP contribution in [0.5, 0.6) is 0 Å². The maximum atomic E-state index is 12.2. The normalized spacial score (nSPS) is 49.0. The Bertz CT molecular complexity index is 884. The number of rotatable bonds is 1. The summed E-state index contributed by atoms with van der Waals surface area (Å²) < 4.78 is 5.12. The lowest BCUT2D eigenvalue weighted by atomic mass is 9.44. The van der Waals surface area contributed by atoms with E-state index in [-0.39, 0.29) is 34.9 Å². The topological polar surface area (TPSA) is 90.9 Å². The van der Waals surface area contributed by atoms with Gasteiger partial charge in [0, 0.05) is 11.5 Å². The summed E-state index contributed by atoms with van der Waals surface area (Å²) >= 11 is 0. The summed E-state index contributed by atoms with van der Waals surface area (Å²) in [6.45, 7) is 4.31. The molecule has 5 nitrogen and oxygen atoms in total. The van der Waals surface area contributed by atoms with E-state index in [0.717, 1.165) is 37.7 Å². The Morgan fingerprint density at radius 1 is 1.07 bits per heavy atom. The molecule has 5 heteroatoms. The van der Waals surface area contributed by atoms with Crippen molar-refractivity contribution in [3.63, 3.8) is 0 Å². The van der Waals surface area contributed by atoms with Gasteiger partial charge in [-0.3, -0.25) is 0 Å². The first-order valence-electron chi connectivity index (χ1n) is 11.1. The Morgan fingerprint density at radius 2 is 1.86 bits per heavy atom. The summed E-state index contributed by atoms with van der Waals surface area (Å²) in [5.41, 5.74) is 0.161. The van der Waals surface area contributed by atoms with Crippen LogP contribution in [0.3, 0.4) is 0 Å². The highest BCUT2D eigenvalue weighted by molar-refractivity contribution is 5.32. The predicted molar refractivity (Wildman–Crippen MR) is 108 cm³/mol. The van der Waals surface area contributed by atoms with Crippen LogP contribution in [-0.2, 0) is 0 Å². The first-order valence-corrected chi connectivity index (χ1v) is 11.1. The molecule has 4 aliphatic carbocycles. The number of aliphatic hydroxyl groups is 3. The van der Waals surface area contributed by atoms with Crippen LogP contribution in [0.1, 0.15) is 70.3 Å². The first-order chi connectivity index (χ1) is 13.7. The smallest absolute Gasteiger partial charge is 0.335 e. The first kappa shape index (κ1) is 19.5. The van der Waals surface area contributed by atoms with E-state index in [0.29, 0.717) is 12.8 Å². The van der Waals surface area contributed by atoms with Crippen LogP contribution in [0.2, 0.25) is 0 Å². The second kappa shape index (κ2) is 6.29. The van der Waals surface area contributed by atoms with Gasteiger partial charge >= 0.3 is 5.63 Å². The van der Waals surface area contributed by atoms with Gasteiger partial charge in [-0.1, -0.05) is 25.5 Å². The van der Waals surface area contributed by atoms with E-state index >= 15 is 0 Å². The Hall–Kier alpha value is -1.43. The summed E-state index contributed by atoms with van der Waals surface area (Å²) in [6, 6.07) is 3.22. The average molecular weight is 401 g/mol. The minimum atomic E-state index is -0.944. The lowest BCUT2D eigenvalue weighted by molar-refractivity contribution is -0.222. The number of allylic oxidation sites excluding steroid dienone is 1. The second-order valence-electron chi connectivity index (χ2n) is 10.4. The fourth-order valence-electron chi connectivity index (χ4n) is 7.77. The maximum Gasteiger partial charge on any atom is 0.335 e. The van der Waals surface area contributed by atoms with Crippen LogP contribution in [0.25, 0.3) is 0 Å². The van der Waals surface area contributed by atoms with Gasteiger partial charge in [-0.15, -0.1) is 0 Å². The molecular weight excluding hydrogens is 368 g/mol. The fraction of sp³-hybridized carbons (Fsp3) is 0.708. The van der Waals surface area contributed by atoms with Crippen molar-refractivity contribution >= 4 is 0 Å². The number of hydrogen-bond acceptors (Lipinski definition) is 5. The second-order valence-corrected chi connectivity index (χ2v) is 10.4. The maximum absolute atomic E-state index is 12.2. The van der Waals surface area contributed by atoms with E-state index in [2.05, 4.69) is 6.92 Å². The Labute approximate surface area is 171 Å². The molecule has 3 fully saturated rings. The third-order valence-electron chi connectivity index (χ3n) is 9.49. The lowest BCUT2D eigenvalue weighted by Crippen LogP contribution is -2.65. The van der Waals surface area contributed by atoms with Crippen molar-refractivity contribution in [2.75, 3.05) is 0 Å². The van der Waals surface area contributed by atoms with E-state index in [1.807, 2.05) is 13.0 Å². The van der Waals surface area contributed by atoms with Crippen LogP contribution in [0.4, 0.5) is 0 Å². The van der Waals surface area contributed by atoms with E-state index < -0.39 is 17.1 Å². The van der Waals surface area contributed by atoms with E-state index in [1.165, 1.54) is 17.9 Å². The molecule has 0 unspecified atom stereocenters. The molecule has 0 amide bonds. The van der Waals surface area contributed by atoms with Gasteiger partial charge in [0.15, 0.2) is 0 Å². The van der Waals surface area contributed by atoms with Gasteiger partial charge in [-0.2, -0.15) is 0 Å². The lowest BCUT2D eigenvalue weighted by Gasteiger charge is -2.63. The molecule has 8 atom stereocenters. The molecule has 5 rings (SSSR count). The molecule has 0 radical (unpaired) electrons. The van der Waals surface area contributed by atoms with Gasteiger partial charge in [0.25, 0.3) is 0 Å². The van der Waals surface area contributed by atoms with Crippen LogP contribution in [0.15, 0.2) is 39.3 Å². The van der Waals surface area contributed by atoms with Crippen LogP contribution < -0.4 is 5.63 Å². The van der Waals surface area contributed by atoms with Crippen LogP contribution in [-0.4, -0.2) is 33.1 Å². The van der Waals surface area contributed by atoms with Crippen molar-refractivity contribution in [1.82, 2.24) is 0 Å². The van der Waals surface area contributed by atoms with Crippen LogP contribution >= 0.6 is 0 Å². The van der Waals surface area contributed by atoms with E-state index in [1.54, 1.807) is 6.07 Å². The van der Waals surface area contributed by atoms with Crippen LogP contribution in [0, 0.1) is 22.7 Å². The molecule has 0 spiro atoms. The molecule has 29 heavy (non-hydrogen) atoms. The molecule has 0 saturated heterocycles. The minimum Gasteiger partial charge on any atom is -0.431 e. The Kier molecular flexibility index (Phi) is 4.23. The fourth-order valence-corrected chi connectivity index (χ4v) is 7.77. The summed E-state index contributed by atoms with van der Waals surface area (Å²) in [5.74, 6) is 0.315. The van der Waals surface area contributed by atoms with Crippen molar-refractivity contribution < 1.29 is 19.7 Å². The molecule has 0 aliphatic heterocycles. The van der Waals surface area contributed by atoms with Gasteiger partial charge in [-0.05, 0) is 79.7 Å². The van der Waals surface area contributed by atoms with Crippen molar-refractivity contribution in [3.8, 4) is 0 Å². The summed E-state index contributed by atoms with van der Waals surface area (Å²) in [7, 11) is 0. The SMILES string of the molecule is C[C@@]12[C@@H](c3ccc(=O)oc3)CC[C@]1(O)[C@@H]1CCC3=C[C@H](O)CC[C@]3(C)[C@H]1C[C@@H]2O. The largest absolute Gasteiger partial charge is 0.431 e. The number of hydrogen-bond donors (Lipinski definition) is 3. The van der Waals surface area contributed by atoms with Crippen molar-refractivity contribution in [2.45, 2.75) is 82.5 Å². The molecule has 0 bridgehead atoms. The standard InChI is InChI=1S/C24H32O5/c1-22-9-7-16(25)11-15(22)4-5-18-19(22)12-20(26)23(2)17(8-10-24(18,23)28)14-3-6-21(27)29-13-14/h3,6,11,13,16-20,25-26,28H,4-5,7-10,12H2,1-2H3/t16-,17-,18-,19+,20+,22+,23+,24+/m1/s1. The van der Waals surface area contributed by atoms with Gasteiger partial charge in [0.05, 0.1) is 24.1 Å². The number of fused-ring (bicyclic) bond motifs is 5. The molecule has 4 aliphatic rings. The van der Waals surface area contributed by atoms with Gasteiger partial charge in [0.1, 0.15) is 0 Å². The zero-order chi connectivity index (χ0) is 20.6. The van der Waals surface area contributed by atoms with Gasteiger partial charge < -0.3 is 19.7 Å². The molecular formula is C24H32O5. The quantitative estimate of drug-likeness (QED) is 0.630. The monoisotopic (exact) mass is 400 g/mol. The zero-order valence-corrected chi connectivity index (χ0v) is 17.3. The van der Waals surface area contributed by atoms with Gasteiger partial charge in [-0.25, -0.2) is 4.79 Å². The van der Waals surface area contributed by atoms with E-state index in [4.69, 9.17) is 4.42 Å². The van der Waals surface area contributed by atoms with Crippen molar-refractivity contribution in [2.24, 2.45) is 22.7 Å². The predicted octanol–water partition coefficient (Wildman–Crippen LogP) is 3.13. The third kappa shape index (κ3) is 2.47. The summed E-state index contributed by atoms with van der Waals surface area (Å²) in [4.78, 5) is 11.4. The Morgan fingerprint density at radius 3 is 2.59 bits per heavy atom. The third-order valence-corrected chi connectivity index (χ3v) is 9.49. The molecule has 158 valence electrons. The molecule has 3 N–H and O–H groups in total. The van der Waals surface area contributed by atoms with E-state index in [9.17, 15) is 20.1 Å². The Balaban J connectivity index is 1.55. The molecule has 3 saturated carbocycles. The number of aliphatic hydroxyl groups excluding tert-OH is 2. The minimum absolute atomic E-state index is 0.0364. The average Bonchev–Trinajstić information content (AvgIpc) is 2.97. The molecule has 1 aromatic rings. The highest BCUT2D eigenvalue weighted by atomic mass is 16.4. The molecule has 1 heterocycles. The summed E-state index contributed by atoms with van der Waals surface area (Å²) in [5, 5.41) is 33.7. The van der Waals surface area contributed by atoms with Crippen molar-refractivity contribution in [1.29, 1.82) is 0 Å². The summed E-state index contributed by atoms with van der Waals surface area (Å²) in [6.07, 6.45) is 8.12. The zero-order valence-electron chi connectivity index (χ0n) is 17.3. The highest BCUT2D eigenvalue weighted by Gasteiger charge is 2.69. The van der Waals surface area contributed by atoms with Gasteiger partial charge in [0.2, 0.25) is 0 Å². The molecule has 1 aromatic heterocycles. The molecule has 0 aromatic carbocycles. The highest BCUT2D eigenvalue weighted by Crippen LogP contribution is 2.69.